The van der Waals surface area contributed by atoms with Crippen LogP contribution in [-0.2, 0) is 26.6 Å². The van der Waals surface area contributed by atoms with Crippen LogP contribution in [-0.4, -0.2) is 81.3 Å². The van der Waals surface area contributed by atoms with E-state index in [9.17, 15) is 4.79 Å². The summed E-state index contributed by atoms with van der Waals surface area (Å²) in [6.45, 7) is 16.7. The highest BCUT2D eigenvalue weighted by Crippen LogP contribution is 2.21. The van der Waals surface area contributed by atoms with Crippen LogP contribution in [0.5, 0.6) is 0 Å². The molecule has 0 atom stereocenters. The third-order valence-electron chi connectivity index (χ3n) is 5.32. The molecule has 9 nitrogen and oxygen atoms in total. The first-order chi connectivity index (χ1) is 16.4. The van der Waals surface area contributed by atoms with E-state index in [0.717, 1.165) is 50.6 Å². The molecule has 11 heteroatoms. The van der Waals surface area contributed by atoms with Gasteiger partial charge in [-0.05, 0) is 67.2 Å². The van der Waals surface area contributed by atoms with Crippen LogP contribution in [0.25, 0.3) is 0 Å². The highest BCUT2D eigenvalue weighted by Gasteiger charge is 2.40. The molecule has 0 aliphatic carbocycles. The third kappa shape index (κ3) is 14.1. The second-order valence-corrected chi connectivity index (χ2v) is 13.4. The minimum atomic E-state index is -2.59. The number of nitrogens with two attached hydrogens (primary N) is 1. The zero-order valence-electron chi connectivity index (χ0n) is 22.7. The molecule has 0 heterocycles. The topological polar surface area (TPSA) is 102 Å². The van der Waals surface area contributed by atoms with Gasteiger partial charge in [-0.15, -0.1) is 0 Å². The Morgan fingerprint density at radius 3 is 1.09 bits per heavy atom. The van der Waals surface area contributed by atoms with Crippen LogP contribution in [0.1, 0.15) is 80.1 Å². The van der Waals surface area contributed by atoms with Crippen molar-refractivity contribution in [1.82, 2.24) is 4.90 Å². The van der Waals surface area contributed by atoms with Crippen LogP contribution in [0.4, 0.5) is 4.79 Å². The van der Waals surface area contributed by atoms with E-state index in [1.807, 2.05) is 41.5 Å². The predicted molar refractivity (Wildman–Crippen MR) is 140 cm³/mol. The highest BCUT2D eigenvalue weighted by molar-refractivity contribution is 6.61. The van der Waals surface area contributed by atoms with E-state index in [-0.39, 0.29) is 6.03 Å². The maximum Gasteiger partial charge on any atom is 0.500 e. The molecule has 0 saturated heterocycles. The van der Waals surface area contributed by atoms with Gasteiger partial charge in [0.15, 0.2) is 0 Å². The normalized spacial score (nSPS) is 12.3. The molecule has 2 amide bonds. The van der Waals surface area contributed by atoms with Crippen LogP contribution < -0.4 is 5.73 Å². The largest absolute Gasteiger partial charge is 0.500 e. The third-order valence-corrected chi connectivity index (χ3v) is 11.6. The van der Waals surface area contributed by atoms with Gasteiger partial charge in [0.1, 0.15) is 0 Å². The van der Waals surface area contributed by atoms with Crippen molar-refractivity contribution < 1.29 is 31.4 Å². The molecule has 0 unspecified atom stereocenters. The van der Waals surface area contributed by atoms with Crippen molar-refractivity contribution in [1.29, 1.82) is 0 Å². The molecular weight excluding hydrogens is 472 g/mol. The first kappa shape index (κ1) is 33.5. The second kappa shape index (κ2) is 20.6. The Morgan fingerprint density at radius 2 is 0.853 bits per heavy atom. The van der Waals surface area contributed by atoms with E-state index in [1.165, 1.54) is 0 Å². The molecular formula is C23H52N2O7Si2. The van der Waals surface area contributed by atoms with Gasteiger partial charge in [0.05, 0.1) is 0 Å². The summed E-state index contributed by atoms with van der Waals surface area (Å²) in [7, 11) is -5.18. The molecule has 0 bridgehead atoms. The lowest BCUT2D eigenvalue weighted by atomic mass is 10.2. The van der Waals surface area contributed by atoms with Crippen molar-refractivity contribution >= 4 is 23.6 Å². The standard InChI is InChI=1S/C23H52N2O7Si2/c1-7-27-33(28-8-2,29-9-3)21-17-13-15-19-25(23(24)26)20-16-14-18-22-34(30-10-4,31-11-5)32-12-6/h7-22H2,1-6H3,(H2,24,26). The van der Waals surface area contributed by atoms with Gasteiger partial charge in [-0.1, -0.05) is 12.8 Å². The smallest absolute Gasteiger partial charge is 0.374 e. The minimum Gasteiger partial charge on any atom is -0.374 e. The summed E-state index contributed by atoms with van der Waals surface area (Å²) in [5.74, 6) is 0. The number of urea groups is 1. The Hall–Kier alpha value is -0.536. The summed E-state index contributed by atoms with van der Waals surface area (Å²) in [5.41, 5.74) is 5.62. The van der Waals surface area contributed by atoms with Gasteiger partial charge < -0.3 is 37.2 Å². The fourth-order valence-corrected chi connectivity index (χ4v) is 9.35. The number of carbonyl (C=O) groups excluding carboxylic acids is 1. The van der Waals surface area contributed by atoms with E-state index in [2.05, 4.69) is 0 Å². The van der Waals surface area contributed by atoms with E-state index >= 15 is 0 Å². The van der Waals surface area contributed by atoms with Crippen molar-refractivity contribution in [3.05, 3.63) is 0 Å². The fourth-order valence-electron chi connectivity index (χ4n) is 3.98. The molecule has 0 aliphatic heterocycles. The Labute approximate surface area is 210 Å². The van der Waals surface area contributed by atoms with Gasteiger partial charge in [-0.25, -0.2) is 4.79 Å². The van der Waals surface area contributed by atoms with Crippen LogP contribution in [0.3, 0.4) is 0 Å². The average molecular weight is 525 g/mol. The number of primary amides is 1. The van der Waals surface area contributed by atoms with Crippen molar-refractivity contribution in [3.63, 3.8) is 0 Å². The molecule has 0 saturated carbocycles. The Kier molecular flexibility index (Phi) is 20.3. The Morgan fingerprint density at radius 1 is 0.559 bits per heavy atom. The lowest BCUT2D eigenvalue weighted by Gasteiger charge is -2.28. The van der Waals surface area contributed by atoms with Gasteiger partial charge >= 0.3 is 23.6 Å². The van der Waals surface area contributed by atoms with Gasteiger partial charge in [-0.2, -0.15) is 0 Å². The van der Waals surface area contributed by atoms with Crippen molar-refractivity contribution in [2.45, 2.75) is 92.2 Å². The molecule has 0 aromatic carbocycles. The summed E-state index contributed by atoms with van der Waals surface area (Å²) in [4.78, 5) is 13.6. The molecule has 204 valence electrons. The number of amides is 2. The van der Waals surface area contributed by atoms with Gasteiger partial charge in [-0.3, -0.25) is 0 Å². The van der Waals surface area contributed by atoms with Gasteiger partial charge in [0.25, 0.3) is 0 Å². The summed E-state index contributed by atoms with van der Waals surface area (Å²) in [6.07, 6.45) is 5.61. The van der Waals surface area contributed by atoms with Crippen LogP contribution in [0, 0.1) is 0 Å². The van der Waals surface area contributed by atoms with Crippen LogP contribution in [0.2, 0.25) is 12.1 Å². The number of unbranched alkanes of at least 4 members (excludes halogenated alkanes) is 4. The highest BCUT2D eigenvalue weighted by atomic mass is 28.4. The Bertz CT molecular complexity index is 434. The molecule has 2 N–H and O–H groups in total. The monoisotopic (exact) mass is 524 g/mol. The average Bonchev–Trinajstić information content (AvgIpc) is 2.78. The molecule has 0 aliphatic rings. The van der Waals surface area contributed by atoms with Crippen molar-refractivity contribution in [3.8, 4) is 0 Å². The van der Waals surface area contributed by atoms with E-state index in [0.29, 0.717) is 52.7 Å². The van der Waals surface area contributed by atoms with Crippen LogP contribution >= 0.6 is 0 Å². The van der Waals surface area contributed by atoms with Crippen molar-refractivity contribution in [2.75, 3.05) is 52.7 Å². The van der Waals surface area contributed by atoms with Crippen LogP contribution in [0.15, 0.2) is 0 Å². The minimum absolute atomic E-state index is 0.358. The summed E-state index contributed by atoms with van der Waals surface area (Å²) >= 11 is 0. The zero-order chi connectivity index (χ0) is 25.7. The number of hydrogen-bond donors (Lipinski definition) is 1. The molecule has 0 aromatic heterocycles. The number of rotatable bonds is 24. The number of hydrogen-bond acceptors (Lipinski definition) is 7. The van der Waals surface area contributed by atoms with Gasteiger partial charge in [0.2, 0.25) is 0 Å². The second-order valence-electron chi connectivity index (χ2n) is 7.91. The maximum absolute atomic E-state index is 11.9. The molecule has 34 heavy (non-hydrogen) atoms. The SMILES string of the molecule is CCO[Si](CCCCCN(CCCCC[Si](OCC)(OCC)OCC)C(N)=O)(OCC)OCC. The summed E-state index contributed by atoms with van der Waals surface area (Å²) in [5, 5.41) is 0. The molecule has 0 radical (unpaired) electrons. The molecule has 0 fully saturated rings. The number of nitrogens with zero attached hydrogens (tertiary/aromatic N) is 1. The lowest BCUT2D eigenvalue weighted by molar-refractivity contribution is 0.0699. The quantitative estimate of drug-likeness (QED) is 0.143. The predicted octanol–water partition coefficient (Wildman–Crippen LogP) is 4.80. The molecule has 0 spiro atoms. The zero-order valence-corrected chi connectivity index (χ0v) is 24.7. The molecule has 0 aromatic rings. The van der Waals surface area contributed by atoms with E-state index < -0.39 is 17.6 Å². The first-order valence-electron chi connectivity index (χ1n) is 13.3. The number of carbonyl (C=O) groups is 1. The Balaban J connectivity index is 4.41. The van der Waals surface area contributed by atoms with E-state index in [1.54, 1.807) is 4.90 Å². The van der Waals surface area contributed by atoms with Crippen molar-refractivity contribution in [2.24, 2.45) is 5.73 Å². The first-order valence-corrected chi connectivity index (χ1v) is 17.1. The van der Waals surface area contributed by atoms with E-state index in [4.69, 9.17) is 32.3 Å². The summed E-state index contributed by atoms with van der Waals surface area (Å²) < 4.78 is 35.4. The summed E-state index contributed by atoms with van der Waals surface area (Å²) in [6, 6.07) is 1.23. The molecule has 0 rings (SSSR count). The fraction of sp³-hybridized carbons (Fsp3) is 0.957. The maximum atomic E-state index is 11.9. The van der Waals surface area contributed by atoms with Gasteiger partial charge in [0, 0.05) is 64.8 Å². The lowest BCUT2D eigenvalue weighted by Crippen LogP contribution is -2.46.